The van der Waals surface area contributed by atoms with E-state index in [-0.39, 0.29) is 25.4 Å². The Morgan fingerprint density at radius 1 is 1.31 bits per heavy atom. The highest BCUT2D eigenvalue weighted by atomic mass is 32.2. The molecule has 0 spiro atoms. The van der Waals surface area contributed by atoms with Crippen LogP contribution in [0.4, 0.5) is 0 Å². The minimum atomic E-state index is -3.47. The van der Waals surface area contributed by atoms with Gasteiger partial charge >= 0.3 is 0 Å². The minimum Gasteiger partial charge on any atom is -0.295 e. The lowest BCUT2D eigenvalue weighted by Gasteiger charge is -2.21. The Hall–Kier alpha value is -3.03. The average Bonchev–Trinajstić information content (AvgIpc) is 2.65. The van der Waals surface area contributed by atoms with Crippen LogP contribution in [-0.2, 0) is 23.9 Å². The van der Waals surface area contributed by atoms with Crippen molar-refractivity contribution < 1.29 is 22.2 Å². The summed E-state index contributed by atoms with van der Waals surface area (Å²) in [5, 5.41) is 7.25. The van der Waals surface area contributed by atoms with E-state index in [1.165, 1.54) is 6.20 Å². The number of imide groups is 1. The number of hydrogen-bond donors (Lipinski definition) is 1. The minimum absolute atomic E-state index is 0.0370. The standard InChI is InChI=1S/C19H19N3O6S/c1-29(26,27)28-11-4-2-3-6-13-7-5-8-14-12-20-22(19(25)17(13)14)15-9-10-16(23)21-18(15)24/h5,7-8,12,15H,2,4,9-11H2,1H3,(H,21,23,24). The average molecular weight is 417 g/mol. The number of carbonyl (C=O) groups excluding carboxylic acids is 2. The first kappa shape index (κ1) is 20.7. The number of amides is 2. The molecule has 9 nitrogen and oxygen atoms in total. The van der Waals surface area contributed by atoms with Gasteiger partial charge in [0.05, 0.1) is 24.4 Å². The number of hydrogen-bond acceptors (Lipinski definition) is 7. The quantitative estimate of drug-likeness (QED) is 0.325. The number of unbranched alkanes of at least 4 members (excludes halogenated alkanes) is 1. The first-order valence-electron chi connectivity index (χ1n) is 8.94. The van der Waals surface area contributed by atoms with Gasteiger partial charge in [-0.1, -0.05) is 24.0 Å². The third-order valence-corrected chi connectivity index (χ3v) is 4.91. The topological polar surface area (TPSA) is 124 Å². The molecule has 0 aliphatic carbocycles. The van der Waals surface area contributed by atoms with E-state index < -0.39 is 27.6 Å². The molecule has 2 amide bonds. The molecule has 2 aromatic rings. The zero-order valence-electron chi connectivity index (χ0n) is 15.7. The molecule has 10 heteroatoms. The first-order valence-corrected chi connectivity index (χ1v) is 10.8. The van der Waals surface area contributed by atoms with Gasteiger partial charge in [-0.2, -0.15) is 13.5 Å². The Labute approximate surface area is 167 Å². The molecule has 1 saturated heterocycles. The highest BCUT2D eigenvalue weighted by Crippen LogP contribution is 2.18. The number of piperidine rings is 1. The smallest absolute Gasteiger partial charge is 0.276 e. The van der Waals surface area contributed by atoms with Crippen molar-refractivity contribution in [3.8, 4) is 11.8 Å². The SMILES string of the molecule is CS(=O)(=O)OCCCC#Cc1cccc2cnn(C3CCC(=O)NC3=O)c(=O)c12. The van der Waals surface area contributed by atoms with Gasteiger partial charge in [0.2, 0.25) is 5.91 Å². The Morgan fingerprint density at radius 2 is 2.10 bits per heavy atom. The summed E-state index contributed by atoms with van der Waals surface area (Å²) in [7, 11) is -3.47. The third kappa shape index (κ3) is 5.07. The summed E-state index contributed by atoms with van der Waals surface area (Å²) in [5.41, 5.74) is 0.0299. The fourth-order valence-electron chi connectivity index (χ4n) is 2.98. The van der Waals surface area contributed by atoms with Crippen molar-refractivity contribution in [2.45, 2.75) is 31.7 Å². The van der Waals surface area contributed by atoms with Gasteiger partial charge in [0, 0.05) is 23.8 Å². The fraction of sp³-hybridized carbons (Fsp3) is 0.368. The second-order valence-corrected chi connectivity index (χ2v) is 8.21. The molecule has 1 atom stereocenters. The van der Waals surface area contributed by atoms with Crippen LogP contribution in [0.5, 0.6) is 0 Å². The van der Waals surface area contributed by atoms with Gasteiger partial charge < -0.3 is 0 Å². The molecule has 3 rings (SSSR count). The van der Waals surface area contributed by atoms with Crippen LogP contribution in [-0.4, -0.2) is 42.9 Å². The van der Waals surface area contributed by atoms with Crippen LogP contribution in [0.25, 0.3) is 10.8 Å². The number of benzene rings is 1. The summed E-state index contributed by atoms with van der Waals surface area (Å²) in [6, 6.07) is 4.32. The zero-order chi connectivity index (χ0) is 21.0. The number of aromatic nitrogens is 2. The van der Waals surface area contributed by atoms with E-state index in [2.05, 4.69) is 26.4 Å². The molecule has 29 heavy (non-hydrogen) atoms. The molecule has 1 aliphatic heterocycles. The maximum atomic E-state index is 13.0. The number of nitrogens with one attached hydrogen (secondary N) is 1. The predicted octanol–water partition coefficient (Wildman–Crippen LogP) is 0.482. The number of carbonyl (C=O) groups is 2. The maximum absolute atomic E-state index is 13.0. The van der Waals surface area contributed by atoms with Crippen molar-refractivity contribution >= 4 is 32.7 Å². The molecule has 152 valence electrons. The van der Waals surface area contributed by atoms with Crippen molar-refractivity contribution in [1.82, 2.24) is 15.1 Å². The predicted molar refractivity (Wildman–Crippen MR) is 104 cm³/mol. The van der Waals surface area contributed by atoms with E-state index >= 15 is 0 Å². The molecular weight excluding hydrogens is 398 g/mol. The Morgan fingerprint density at radius 3 is 2.83 bits per heavy atom. The van der Waals surface area contributed by atoms with Crippen molar-refractivity contribution in [2.75, 3.05) is 12.9 Å². The van der Waals surface area contributed by atoms with E-state index in [9.17, 15) is 22.8 Å². The normalized spacial score (nSPS) is 16.9. The van der Waals surface area contributed by atoms with Crippen LogP contribution in [0.2, 0.25) is 0 Å². The van der Waals surface area contributed by atoms with Gasteiger partial charge in [-0.15, -0.1) is 0 Å². The van der Waals surface area contributed by atoms with Crippen LogP contribution in [0.3, 0.4) is 0 Å². The van der Waals surface area contributed by atoms with E-state index in [4.69, 9.17) is 0 Å². The second kappa shape index (κ2) is 8.55. The lowest BCUT2D eigenvalue weighted by molar-refractivity contribution is -0.136. The molecule has 1 N–H and O–H groups in total. The number of nitrogens with zero attached hydrogens (tertiary/aromatic N) is 2. The van der Waals surface area contributed by atoms with Gasteiger partial charge in [0.25, 0.3) is 21.6 Å². The molecule has 1 aromatic carbocycles. The molecule has 0 saturated carbocycles. The van der Waals surface area contributed by atoms with E-state index in [0.29, 0.717) is 29.2 Å². The fourth-order valence-corrected chi connectivity index (χ4v) is 3.40. The van der Waals surface area contributed by atoms with Gasteiger partial charge in [-0.25, -0.2) is 4.68 Å². The highest BCUT2D eigenvalue weighted by molar-refractivity contribution is 7.85. The molecule has 1 aliphatic rings. The molecule has 0 bridgehead atoms. The first-order chi connectivity index (χ1) is 13.8. The Kier molecular flexibility index (Phi) is 6.10. The Bertz CT molecular complexity index is 1190. The molecule has 1 fully saturated rings. The molecule has 0 radical (unpaired) electrons. The van der Waals surface area contributed by atoms with Gasteiger partial charge in [-0.3, -0.25) is 23.9 Å². The highest BCUT2D eigenvalue weighted by Gasteiger charge is 2.30. The molecular formula is C19H19N3O6S. The summed E-state index contributed by atoms with van der Waals surface area (Å²) >= 11 is 0. The van der Waals surface area contributed by atoms with E-state index in [1.54, 1.807) is 18.2 Å². The van der Waals surface area contributed by atoms with Crippen molar-refractivity contribution in [3.63, 3.8) is 0 Å². The van der Waals surface area contributed by atoms with E-state index in [1.807, 2.05) is 0 Å². The summed E-state index contributed by atoms with van der Waals surface area (Å²) in [4.78, 5) is 36.5. The molecule has 1 aromatic heterocycles. The van der Waals surface area contributed by atoms with Crippen LogP contribution in [0, 0.1) is 11.8 Å². The number of rotatable bonds is 5. The summed E-state index contributed by atoms with van der Waals surface area (Å²) < 4.78 is 27.6. The molecule has 1 unspecified atom stereocenters. The molecule has 2 heterocycles. The third-order valence-electron chi connectivity index (χ3n) is 4.31. The summed E-state index contributed by atoms with van der Waals surface area (Å²) in [6.45, 7) is 0.0370. The number of fused-ring (bicyclic) bond motifs is 1. The second-order valence-electron chi connectivity index (χ2n) is 6.56. The van der Waals surface area contributed by atoms with Crippen LogP contribution < -0.4 is 10.9 Å². The zero-order valence-corrected chi connectivity index (χ0v) is 16.5. The summed E-state index contributed by atoms with van der Waals surface area (Å²) in [5.74, 6) is 4.91. The van der Waals surface area contributed by atoms with Crippen molar-refractivity contribution in [1.29, 1.82) is 0 Å². The Balaban J connectivity index is 1.86. The van der Waals surface area contributed by atoms with Gasteiger partial charge in [-0.05, 0) is 18.9 Å². The monoisotopic (exact) mass is 417 g/mol. The van der Waals surface area contributed by atoms with Crippen LogP contribution in [0.1, 0.15) is 37.3 Å². The van der Waals surface area contributed by atoms with E-state index in [0.717, 1.165) is 10.9 Å². The maximum Gasteiger partial charge on any atom is 0.276 e. The van der Waals surface area contributed by atoms with Gasteiger partial charge in [0.15, 0.2) is 0 Å². The van der Waals surface area contributed by atoms with Crippen LogP contribution >= 0.6 is 0 Å². The largest absolute Gasteiger partial charge is 0.295 e. The van der Waals surface area contributed by atoms with Crippen LogP contribution in [0.15, 0.2) is 29.2 Å². The van der Waals surface area contributed by atoms with Gasteiger partial charge in [0.1, 0.15) is 6.04 Å². The summed E-state index contributed by atoms with van der Waals surface area (Å²) in [6.07, 6.45) is 3.63. The van der Waals surface area contributed by atoms with Crippen molar-refractivity contribution in [2.24, 2.45) is 0 Å². The lowest BCUT2D eigenvalue weighted by Crippen LogP contribution is -2.45. The lowest BCUT2D eigenvalue weighted by atomic mass is 10.0. The van der Waals surface area contributed by atoms with Crippen molar-refractivity contribution in [3.05, 3.63) is 40.3 Å².